The Labute approximate surface area is 219 Å². The number of rotatable bonds is 6. The molecule has 1 aliphatic rings. The summed E-state index contributed by atoms with van der Waals surface area (Å²) in [6, 6.07) is 16.8. The van der Waals surface area contributed by atoms with E-state index in [4.69, 9.17) is 40.2 Å². The van der Waals surface area contributed by atoms with Crippen LogP contribution in [0.15, 0.2) is 75.4 Å². The smallest absolute Gasteiger partial charge is 0.283 e. The molecule has 11 heteroatoms. The maximum Gasteiger partial charge on any atom is 0.283 e. The Hall–Kier alpha value is -2.56. The summed E-state index contributed by atoms with van der Waals surface area (Å²) in [6.45, 7) is 0. The van der Waals surface area contributed by atoms with Crippen LogP contribution in [0, 0.1) is 10.1 Å². The monoisotopic (exact) mass is 548 g/mol. The van der Waals surface area contributed by atoms with Crippen molar-refractivity contribution in [2.45, 2.75) is 9.79 Å². The van der Waals surface area contributed by atoms with E-state index in [-0.39, 0.29) is 11.6 Å². The van der Waals surface area contributed by atoms with Gasteiger partial charge in [-0.3, -0.25) is 19.8 Å². The Balaban J connectivity index is 1.62. The van der Waals surface area contributed by atoms with Gasteiger partial charge in [0.2, 0.25) is 0 Å². The highest BCUT2D eigenvalue weighted by Crippen LogP contribution is 2.40. The molecule has 0 aromatic heterocycles. The zero-order valence-electron chi connectivity index (χ0n) is 17.4. The van der Waals surface area contributed by atoms with E-state index in [1.54, 1.807) is 60.7 Å². The first-order chi connectivity index (χ1) is 16.3. The van der Waals surface area contributed by atoms with Gasteiger partial charge in [-0.05, 0) is 60.2 Å². The minimum Gasteiger partial charge on any atom is -0.495 e. The molecule has 0 bridgehead atoms. The zero-order chi connectivity index (χ0) is 24.4. The zero-order valence-corrected chi connectivity index (χ0v) is 21.3. The molecule has 0 N–H and O–H groups in total. The molecule has 1 saturated heterocycles. The van der Waals surface area contributed by atoms with Crippen LogP contribution in [0.5, 0.6) is 5.75 Å². The summed E-state index contributed by atoms with van der Waals surface area (Å²) in [4.78, 5) is 27.4. The van der Waals surface area contributed by atoms with Crippen molar-refractivity contribution in [2.24, 2.45) is 0 Å². The van der Waals surface area contributed by atoms with Crippen molar-refractivity contribution < 1.29 is 14.5 Å². The average molecular weight is 549 g/mol. The molecular weight excluding hydrogens is 535 g/mol. The molecule has 4 rings (SSSR count). The van der Waals surface area contributed by atoms with Gasteiger partial charge in [0.25, 0.3) is 11.6 Å². The molecule has 0 spiro atoms. The summed E-state index contributed by atoms with van der Waals surface area (Å²) in [7, 11) is 1.50. The van der Waals surface area contributed by atoms with Crippen LogP contribution in [0.2, 0.25) is 10.0 Å². The molecule has 0 saturated carbocycles. The average Bonchev–Trinajstić information content (AvgIpc) is 3.08. The van der Waals surface area contributed by atoms with Crippen molar-refractivity contribution in [3.8, 4) is 5.75 Å². The molecule has 6 nitrogen and oxygen atoms in total. The second-order valence-electron chi connectivity index (χ2n) is 6.88. The van der Waals surface area contributed by atoms with Crippen molar-refractivity contribution in [3.05, 3.63) is 91.3 Å². The lowest BCUT2D eigenvalue weighted by Crippen LogP contribution is -2.27. The van der Waals surface area contributed by atoms with Crippen LogP contribution < -0.4 is 9.64 Å². The molecule has 0 radical (unpaired) electrons. The topological polar surface area (TPSA) is 72.7 Å². The quantitative estimate of drug-likeness (QED) is 0.137. The highest BCUT2D eigenvalue weighted by Gasteiger charge is 2.33. The number of carbonyl (C=O) groups is 1. The number of carbonyl (C=O) groups excluding carboxylic acids is 1. The van der Waals surface area contributed by atoms with Crippen LogP contribution in [-0.4, -0.2) is 22.3 Å². The second-order valence-corrected chi connectivity index (χ2v) is 10.5. The maximum absolute atomic E-state index is 13.1. The lowest BCUT2D eigenvalue weighted by atomic mass is 10.2. The molecule has 0 atom stereocenters. The first-order valence-electron chi connectivity index (χ1n) is 9.60. The predicted octanol–water partition coefficient (Wildman–Crippen LogP) is 7.47. The third kappa shape index (κ3) is 5.24. The van der Waals surface area contributed by atoms with Gasteiger partial charge < -0.3 is 4.74 Å². The second kappa shape index (κ2) is 10.4. The van der Waals surface area contributed by atoms with Gasteiger partial charge in [0, 0.05) is 16.0 Å². The van der Waals surface area contributed by atoms with Crippen molar-refractivity contribution in [1.29, 1.82) is 0 Å². The molecule has 1 fully saturated rings. The Kier molecular flexibility index (Phi) is 7.49. The molecule has 1 aliphatic heterocycles. The molecule has 0 aliphatic carbocycles. The van der Waals surface area contributed by atoms with Crippen LogP contribution >= 0.6 is 58.9 Å². The number of methoxy groups -OCH3 is 1. The van der Waals surface area contributed by atoms with Crippen LogP contribution in [0.3, 0.4) is 0 Å². The van der Waals surface area contributed by atoms with E-state index >= 15 is 0 Å². The Morgan fingerprint density at radius 1 is 1.12 bits per heavy atom. The van der Waals surface area contributed by atoms with Gasteiger partial charge >= 0.3 is 0 Å². The van der Waals surface area contributed by atoms with Gasteiger partial charge in [-0.2, -0.15) is 0 Å². The fourth-order valence-electron chi connectivity index (χ4n) is 3.12. The predicted molar refractivity (Wildman–Crippen MR) is 142 cm³/mol. The normalized spacial score (nSPS) is 14.7. The van der Waals surface area contributed by atoms with Crippen LogP contribution in [0.25, 0.3) is 6.08 Å². The fourth-order valence-corrected chi connectivity index (χ4v) is 5.70. The lowest BCUT2D eigenvalue weighted by molar-refractivity contribution is -0.387. The minimum absolute atomic E-state index is 0.0638. The Morgan fingerprint density at radius 3 is 2.50 bits per heavy atom. The largest absolute Gasteiger partial charge is 0.495 e. The van der Waals surface area contributed by atoms with E-state index in [9.17, 15) is 14.9 Å². The molecule has 34 heavy (non-hydrogen) atoms. The number of benzene rings is 3. The number of nitro benzene ring substituents is 1. The standard InChI is InChI=1S/C23H14Cl2N2O4S3/c1-31-19-8-5-15(12-17(19)25)26-22(28)21(34-23(26)32)11-13-2-9-20(18(10-13)27(29)30)33-16-6-3-14(24)4-7-16/h2-12H,1H3. The number of ether oxygens (including phenoxy) is 1. The van der Waals surface area contributed by atoms with E-state index in [1.807, 2.05) is 0 Å². The first kappa shape index (κ1) is 24.6. The third-order valence-electron chi connectivity index (χ3n) is 4.71. The molecule has 172 valence electrons. The van der Waals surface area contributed by atoms with Crippen LogP contribution in [0.1, 0.15) is 5.56 Å². The van der Waals surface area contributed by atoms with Gasteiger partial charge in [-0.25, -0.2) is 0 Å². The van der Waals surface area contributed by atoms with Crippen molar-refractivity contribution >= 4 is 86.6 Å². The molecule has 1 heterocycles. The molecule has 0 unspecified atom stereocenters. The fraction of sp³-hybridized carbons (Fsp3) is 0.0435. The van der Waals surface area contributed by atoms with Gasteiger partial charge in [-0.1, -0.05) is 65.0 Å². The summed E-state index contributed by atoms with van der Waals surface area (Å²) in [5.41, 5.74) is 0.962. The molecule has 3 aromatic carbocycles. The number of anilines is 1. The Morgan fingerprint density at radius 2 is 1.85 bits per heavy atom. The van der Waals surface area contributed by atoms with Crippen molar-refractivity contribution in [3.63, 3.8) is 0 Å². The number of nitrogens with zero attached hydrogens (tertiary/aromatic N) is 2. The number of hydrogen-bond donors (Lipinski definition) is 0. The number of nitro groups is 1. The lowest BCUT2D eigenvalue weighted by Gasteiger charge is -2.15. The first-order valence-corrected chi connectivity index (χ1v) is 12.4. The Bertz CT molecular complexity index is 1350. The number of halogens is 2. The highest BCUT2D eigenvalue weighted by atomic mass is 35.5. The van der Waals surface area contributed by atoms with Crippen LogP contribution in [0.4, 0.5) is 11.4 Å². The van der Waals surface area contributed by atoms with E-state index in [0.717, 1.165) is 16.7 Å². The summed E-state index contributed by atoms with van der Waals surface area (Å²) >= 11 is 19.9. The number of thiocarbonyl (C=S) groups is 1. The van der Waals surface area contributed by atoms with Crippen molar-refractivity contribution in [2.75, 3.05) is 12.0 Å². The van der Waals surface area contributed by atoms with Gasteiger partial charge in [0.15, 0.2) is 4.32 Å². The molecule has 1 amide bonds. The van der Waals surface area contributed by atoms with E-state index in [1.165, 1.54) is 29.8 Å². The van der Waals surface area contributed by atoms with Gasteiger partial charge in [0.05, 0.1) is 32.5 Å². The maximum atomic E-state index is 13.1. The summed E-state index contributed by atoms with van der Waals surface area (Å²) in [6.07, 6.45) is 1.59. The summed E-state index contributed by atoms with van der Waals surface area (Å²) < 4.78 is 5.49. The van der Waals surface area contributed by atoms with E-state index < -0.39 is 4.92 Å². The van der Waals surface area contributed by atoms with Gasteiger partial charge in [0.1, 0.15) is 5.75 Å². The number of amides is 1. The summed E-state index contributed by atoms with van der Waals surface area (Å²) in [5.74, 6) is 0.147. The van der Waals surface area contributed by atoms with E-state index in [0.29, 0.717) is 41.2 Å². The highest BCUT2D eigenvalue weighted by molar-refractivity contribution is 8.27. The third-order valence-corrected chi connectivity index (χ3v) is 7.63. The molecule has 3 aromatic rings. The van der Waals surface area contributed by atoms with E-state index in [2.05, 4.69) is 0 Å². The number of thioether (sulfide) groups is 1. The van der Waals surface area contributed by atoms with Crippen molar-refractivity contribution in [1.82, 2.24) is 0 Å². The SMILES string of the molecule is COc1ccc(N2C(=O)C(=Cc3ccc(Sc4ccc(Cl)cc4)c([N+](=O)[O-])c3)SC2=S)cc1Cl. The van der Waals surface area contributed by atoms with Crippen LogP contribution in [-0.2, 0) is 4.79 Å². The molecular formula is C23H14Cl2N2O4S3. The van der Waals surface area contributed by atoms with Gasteiger partial charge in [-0.15, -0.1) is 0 Å². The number of hydrogen-bond acceptors (Lipinski definition) is 7. The summed E-state index contributed by atoms with van der Waals surface area (Å²) in [5, 5.41) is 12.7. The minimum atomic E-state index is -0.444.